The highest BCUT2D eigenvalue weighted by atomic mass is 35.5. The summed E-state index contributed by atoms with van der Waals surface area (Å²) in [5.74, 6) is 1.12. The SMILES string of the molecule is CCCOc1c(Cl)cc(/C=C(/C#N)c2nc(C)cs2)cc1OCC. The molecule has 24 heavy (non-hydrogen) atoms. The molecule has 6 heteroatoms. The van der Waals surface area contributed by atoms with Crippen molar-refractivity contribution >= 4 is 34.6 Å². The number of ether oxygens (including phenoxy) is 2. The lowest BCUT2D eigenvalue weighted by atomic mass is 10.1. The van der Waals surface area contributed by atoms with Gasteiger partial charge in [-0.25, -0.2) is 4.98 Å². The lowest BCUT2D eigenvalue weighted by Crippen LogP contribution is -2.01. The van der Waals surface area contributed by atoms with E-state index in [-0.39, 0.29) is 0 Å². The molecule has 0 aliphatic heterocycles. The first-order valence-electron chi connectivity index (χ1n) is 7.72. The second-order valence-electron chi connectivity index (χ2n) is 5.08. The number of halogens is 1. The predicted octanol–water partition coefficient (Wildman–Crippen LogP) is 5.36. The third-order valence-corrected chi connectivity index (χ3v) is 4.34. The number of benzene rings is 1. The zero-order chi connectivity index (χ0) is 17.5. The van der Waals surface area contributed by atoms with Gasteiger partial charge in [-0.1, -0.05) is 18.5 Å². The first kappa shape index (κ1) is 18.3. The van der Waals surface area contributed by atoms with Crippen LogP contribution in [0.5, 0.6) is 11.5 Å². The first-order valence-corrected chi connectivity index (χ1v) is 8.98. The Morgan fingerprint density at radius 2 is 2.17 bits per heavy atom. The van der Waals surface area contributed by atoms with Crippen molar-refractivity contribution in [3.05, 3.63) is 38.8 Å². The maximum Gasteiger partial charge on any atom is 0.179 e. The van der Waals surface area contributed by atoms with E-state index in [1.807, 2.05) is 32.2 Å². The standard InChI is InChI=1S/C18H19ClN2O2S/c1-4-6-23-17-15(19)8-13(9-16(17)22-5-2)7-14(10-20)18-21-12(3)11-24-18/h7-9,11H,4-6H2,1-3H3/b14-7-. The smallest absolute Gasteiger partial charge is 0.179 e. The van der Waals surface area contributed by atoms with Gasteiger partial charge < -0.3 is 9.47 Å². The van der Waals surface area contributed by atoms with Crippen LogP contribution in [-0.4, -0.2) is 18.2 Å². The molecule has 1 heterocycles. The largest absolute Gasteiger partial charge is 0.490 e. The Hall–Kier alpha value is -2.03. The topological polar surface area (TPSA) is 55.1 Å². The van der Waals surface area contributed by atoms with Gasteiger partial charge in [0.25, 0.3) is 0 Å². The van der Waals surface area contributed by atoms with E-state index in [0.717, 1.165) is 17.7 Å². The van der Waals surface area contributed by atoms with E-state index < -0.39 is 0 Å². The number of hydrogen-bond donors (Lipinski definition) is 0. The van der Waals surface area contributed by atoms with Crippen LogP contribution in [0.3, 0.4) is 0 Å². The summed E-state index contributed by atoms with van der Waals surface area (Å²) in [5, 5.41) is 12.5. The minimum atomic E-state index is 0.466. The average molecular weight is 363 g/mol. The summed E-state index contributed by atoms with van der Waals surface area (Å²) >= 11 is 7.80. The zero-order valence-corrected chi connectivity index (χ0v) is 15.5. The molecule has 0 aliphatic carbocycles. The number of thiazole rings is 1. The van der Waals surface area contributed by atoms with Gasteiger partial charge in [0.05, 0.1) is 23.8 Å². The minimum Gasteiger partial charge on any atom is -0.490 e. The molecule has 0 atom stereocenters. The fraction of sp³-hybridized carbons (Fsp3) is 0.333. The number of allylic oxidation sites excluding steroid dienone is 1. The molecule has 0 N–H and O–H groups in total. The molecule has 1 aromatic heterocycles. The average Bonchev–Trinajstić information content (AvgIpc) is 2.98. The van der Waals surface area contributed by atoms with Crippen LogP contribution >= 0.6 is 22.9 Å². The van der Waals surface area contributed by atoms with Crippen molar-refractivity contribution in [2.75, 3.05) is 13.2 Å². The molecule has 0 saturated carbocycles. The lowest BCUT2D eigenvalue weighted by Gasteiger charge is -2.14. The van der Waals surface area contributed by atoms with Gasteiger partial charge in [-0.2, -0.15) is 5.26 Å². The van der Waals surface area contributed by atoms with Crippen LogP contribution in [-0.2, 0) is 0 Å². The van der Waals surface area contributed by atoms with Gasteiger partial charge in [0.2, 0.25) is 0 Å². The number of aryl methyl sites for hydroxylation is 1. The molecule has 4 nitrogen and oxygen atoms in total. The van der Waals surface area contributed by atoms with Crippen molar-refractivity contribution < 1.29 is 9.47 Å². The van der Waals surface area contributed by atoms with Crippen molar-refractivity contribution in [3.8, 4) is 17.6 Å². The Bertz CT molecular complexity index is 778. The Labute approximate surface area is 151 Å². The van der Waals surface area contributed by atoms with Gasteiger partial charge in [-0.3, -0.25) is 0 Å². The first-order chi connectivity index (χ1) is 11.6. The minimum absolute atomic E-state index is 0.466. The highest BCUT2D eigenvalue weighted by molar-refractivity contribution is 7.11. The normalized spacial score (nSPS) is 11.2. The second-order valence-corrected chi connectivity index (χ2v) is 6.34. The van der Waals surface area contributed by atoms with Crippen molar-refractivity contribution in [1.29, 1.82) is 5.26 Å². The van der Waals surface area contributed by atoms with Crippen LogP contribution in [0.4, 0.5) is 0 Å². The van der Waals surface area contributed by atoms with E-state index in [0.29, 0.717) is 40.3 Å². The number of nitrogens with zero attached hydrogens (tertiary/aromatic N) is 2. The van der Waals surface area contributed by atoms with Crippen LogP contribution in [0, 0.1) is 18.3 Å². The third kappa shape index (κ3) is 4.50. The lowest BCUT2D eigenvalue weighted by molar-refractivity contribution is 0.277. The Morgan fingerprint density at radius 3 is 2.75 bits per heavy atom. The molecule has 126 valence electrons. The highest BCUT2D eigenvalue weighted by Crippen LogP contribution is 2.38. The molecule has 0 amide bonds. The Balaban J connectivity index is 2.43. The monoisotopic (exact) mass is 362 g/mol. The molecule has 0 spiro atoms. The van der Waals surface area contributed by atoms with Gasteiger partial charge in [0.1, 0.15) is 11.1 Å². The molecular weight excluding hydrogens is 344 g/mol. The molecule has 0 unspecified atom stereocenters. The van der Waals surface area contributed by atoms with Gasteiger partial charge >= 0.3 is 0 Å². The summed E-state index contributed by atoms with van der Waals surface area (Å²) in [6, 6.07) is 5.80. The van der Waals surface area contributed by atoms with E-state index >= 15 is 0 Å². The fourth-order valence-electron chi connectivity index (χ4n) is 2.06. The molecule has 2 aromatic rings. The molecular formula is C18H19ClN2O2S. The van der Waals surface area contributed by atoms with Crippen LogP contribution in [0.25, 0.3) is 11.6 Å². The number of hydrogen-bond acceptors (Lipinski definition) is 5. The van der Waals surface area contributed by atoms with E-state index in [1.165, 1.54) is 11.3 Å². The van der Waals surface area contributed by atoms with Crippen LogP contribution in [0.15, 0.2) is 17.5 Å². The number of rotatable bonds is 7. The summed E-state index contributed by atoms with van der Waals surface area (Å²) in [7, 11) is 0. The Kier molecular flexibility index (Phi) is 6.65. The van der Waals surface area contributed by atoms with E-state index in [2.05, 4.69) is 11.1 Å². The van der Waals surface area contributed by atoms with Gasteiger partial charge in [0, 0.05) is 11.1 Å². The summed E-state index contributed by atoms with van der Waals surface area (Å²) in [5.41, 5.74) is 2.16. The highest BCUT2D eigenvalue weighted by Gasteiger charge is 2.13. The zero-order valence-electron chi connectivity index (χ0n) is 13.9. The van der Waals surface area contributed by atoms with Crippen molar-refractivity contribution in [2.45, 2.75) is 27.2 Å². The summed E-state index contributed by atoms with van der Waals surface area (Å²) in [4.78, 5) is 4.36. The van der Waals surface area contributed by atoms with Gasteiger partial charge in [-0.15, -0.1) is 11.3 Å². The molecule has 0 fully saturated rings. The molecule has 2 rings (SSSR count). The van der Waals surface area contributed by atoms with Crippen LogP contribution in [0.2, 0.25) is 5.02 Å². The van der Waals surface area contributed by atoms with Crippen molar-refractivity contribution in [3.63, 3.8) is 0 Å². The van der Waals surface area contributed by atoms with Crippen LogP contribution < -0.4 is 9.47 Å². The number of nitriles is 1. The quantitative estimate of drug-likeness (QED) is 0.622. The molecule has 0 aliphatic rings. The molecule has 0 radical (unpaired) electrons. The second kappa shape index (κ2) is 8.72. The maximum absolute atomic E-state index is 9.42. The van der Waals surface area contributed by atoms with Crippen molar-refractivity contribution in [1.82, 2.24) is 4.98 Å². The van der Waals surface area contributed by atoms with Gasteiger partial charge in [-0.05, 0) is 44.0 Å². The maximum atomic E-state index is 9.42. The molecule has 0 saturated heterocycles. The number of aromatic nitrogens is 1. The summed E-state index contributed by atoms with van der Waals surface area (Å²) in [6.07, 6.45) is 2.64. The van der Waals surface area contributed by atoms with Gasteiger partial charge in [0.15, 0.2) is 11.5 Å². The Morgan fingerprint density at radius 1 is 1.38 bits per heavy atom. The fourth-order valence-corrected chi connectivity index (χ4v) is 3.10. The molecule has 0 bridgehead atoms. The van der Waals surface area contributed by atoms with E-state index in [9.17, 15) is 5.26 Å². The summed E-state index contributed by atoms with van der Waals surface area (Å²) < 4.78 is 11.3. The van der Waals surface area contributed by atoms with Crippen molar-refractivity contribution in [2.24, 2.45) is 0 Å². The summed E-state index contributed by atoms with van der Waals surface area (Å²) in [6.45, 7) is 6.90. The van der Waals surface area contributed by atoms with E-state index in [4.69, 9.17) is 21.1 Å². The predicted molar refractivity (Wildman–Crippen MR) is 98.7 cm³/mol. The van der Waals surface area contributed by atoms with Crippen LogP contribution in [0.1, 0.15) is 36.5 Å². The van der Waals surface area contributed by atoms with E-state index in [1.54, 1.807) is 12.1 Å². The third-order valence-electron chi connectivity index (χ3n) is 3.06. The molecule has 1 aromatic carbocycles.